The van der Waals surface area contributed by atoms with Gasteiger partial charge >= 0.3 is 0 Å². The molecule has 0 aromatic carbocycles. The first-order chi connectivity index (χ1) is 10.4. The molecule has 2 nitrogen and oxygen atoms in total. The highest BCUT2D eigenvalue weighted by molar-refractivity contribution is 5.74. The van der Waals surface area contributed by atoms with E-state index >= 15 is 0 Å². The number of likely N-dealkylation sites (tertiary alicyclic amines) is 1. The monoisotopic (exact) mass is 317 g/mol. The number of hydrogen-bond donors (Lipinski definition) is 0. The molecule has 1 fully saturated rings. The number of halogens is 2. The Morgan fingerprint density at radius 3 is 2.41 bits per heavy atom. The van der Waals surface area contributed by atoms with Crippen LogP contribution in [0.3, 0.4) is 0 Å². The van der Waals surface area contributed by atoms with Crippen molar-refractivity contribution in [3.63, 3.8) is 0 Å². The Balaban J connectivity index is 2.36. The fraction of sp³-hybridized carbons (Fsp3) is 0.944. The number of rotatable bonds is 10. The second-order valence-electron chi connectivity index (χ2n) is 6.93. The first kappa shape index (κ1) is 19.4. The van der Waals surface area contributed by atoms with Gasteiger partial charge in [0.2, 0.25) is 5.91 Å². The van der Waals surface area contributed by atoms with Gasteiger partial charge in [-0.1, -0.05) is 65.2 Å². The molecule has 0 saturated carbocycles. The summed E-state index contributed by atoms with van der Waals surface area (Å²) in [6, 6.07) is -0.266. The first-order valence-corrected chi connectivity index (χ1v) is 9.04. The van der Waals surface area contributed by atoms with Crippen LogP contribution < -0.4 is 0 Å². The van der Waals surface area contributed by atoms with Crippen molar-refractivity contribution in [2.75, 3.05) is 6.54 Å². The van der Waals surface area contributed by atoms with Gasteiger partial charge in [-0.3, -0.25) is 4.79 Å². The maximum absolute atomic E-state index is 13.6. The fourth-order valence-corrected chi connectivity index (χ4v) is 3.56. The predicted molar refractivity (Wildman–Crippen MR) is 87.1 cm³/mol. The molecule has 1 heterocycles. The van der Waals surface area contributed by atoms with Crippen LogP contribution in [0.4, 0.5) is 8.78 Å². The smallest absolute Gasteiger partial charge is 0.267 e. The number of carbonyl (C=O) groups is 1. The standard InChI is InChI=1S/C18H33F2NO/c1-4-6-7-8-9-10-11-16(5-2)12-17-13-18(19,20)14-21(17)15(3)22/h16-17H,4-14H2,1-3H3. The Hall–Kier alpha value is -0.670. The number of alkyl halides is 2. The lowest BCUT2D eigenvalue weighted by molar-refractivity contribution is -0.131. The maximum atomic E-state index is 13.6. The largest absolute Gasteiger partial charge is 0.334 e. The topological polar surface area (TPSA) is 20.3 Å². The zero-order chi connectivity index (χ0) is 16.6. The highest BCUT2D eigenvalue weighted by Gasteiger charge is 2.46. The number of unbranched alkanes of at least 4 members (excludes halogenated alkanes) is 5. The van der Waals surface area contributed by atoms with Gasteiger partial charge in [-0.2, -0.15) is 0 Å². The number of hydrogen-bond acceptors (Lipinski definition) is 1. The minimum Gasteiger partial charge on any atom is -0.334 e. The molecule has 0 aromatic rings. The molecule has 0 spiro atoms. The zero-order valence-corrected chi connectivity index (χ0v) is 14.5. The molecule has 130 valence electrons. The van der Waals surface area contributed by atoms with Gasteiger partial charge < -0.3 is 4.90 Å². The fourth-order valence-electron chi connectivity index (χ4n) is 3.56. The van der Waals surface area contributed by atoms with Crippen molar-refractivity contribution in [1.82, 2.24) is 4.90 Å². The van der Waals surface area contributed by atoms with Crippen molar-refractivity contribution < 1.29 is 13.6 Å². The van der Waals surface area contributed by atoms with Gasteiger partial charge in [0.25, 0.3) is 5.92 Å². The van der Waals surface area contributed by atoms with Crippen molar-refractivity contribution in [3.8, 4) is 0 Å². The number of amides is 1. The average molecular weight is 317 g/mol. The van der Waals surface area contributed by atoms with Gasteiger partial charge in [0.15, 0.2) is 0 Å². The summed E-state index contributed by atoms with van der Waals surface area (Å²) in [7, 11) is 0. The van der Waals surface area contributed by atoms with Crippen molar-refractivity contribution in [2.24, 2.45) is 5.92 Å². The summed E-state index contributed by atoms with van der Waals surface area (Å²) >= 11 is 0. The number of carbonyl (C=O) groups excluding carboxylic acids is 1. The highest BCUT2D eigenvalue weighted by Crippen LogP contribution is 2.36. The average Bonchev–Trinajstić information content (AvgIpc) is 2.76. The Morgan fingerprint density at radius 1 is 1.18 bits per heavy atom. The third-order valence-corrected chi connectivity index (χ3v) is 4.93. The van der Waals surface area contributed by atoms with Crippen LogP contribution in [-0.4, -0.2) is 29.3 Å². The van der Waals surface area contributed by atoms with Gasteiger partial charge in [-0.05, 0) is 12.3 Å². The molecular weight excluding hydrogens is 284 g/mol. The molecule has 2 unspecified atom stereocenters. The van der Waals surface area contributed by atoms with Crippen molar-refractivity contribution in [1.29, 1.82) is 0 Å². The lowest BCUT2D eigenvalue weighted by atomic mass is 9.90. The van der Waals surface area contributed by atoms with E-state index in [1.54, 1.807) is 0 Å². The molecule has 0 aliphatic carbocycles. The number of nitrogens with zero attached hydrogens (tertiary/aromatic N) is 1. The molecule has 1 aliphatic rings. The van der Waals surface area contributed by atoms with E-state index in [9.17, 15) is 13.6 Å². The van der Waals surface area contributed by atoms with Gasteiger partial charge in [-0.25, -0.2) is 8.78 Å². The summed E-state index contributed by atoms with van der Waals surface area (Å²) in [6.07, 6.45) is 10.3. The highest BCUT2D eigenvalue weighted by atomic mass is 19.3. The molecule has 1 rings (SSSR count). The van der Waals surface area contributed by atoms with E-state index in [0.717, 1.165) is 19.3 Å². The van der Waals surface area contributed by atoms with E-state index in [1.807, 2.05) is 0 Å². The Morgan fingerprint density at radius 2 is 1.82 bits per heavy atom. The maximum Gasteiger partial charge on any atom is 0.267 e. The summed E-state index contributed by atoms with van der Waals surface area (Å²) in [6.45, 7) is 5.36. The Labute approximate surface area is 134 Å². The molecule has 0 bridgehead atoms. The van der Waals surface area contributed by atoms with Crippen molar-refractivity contribution in [3.05, 3.63) is 0 Å². The third-order valence-electron chi connectivity index (χ3n) is 4.93. The summed E-state index contributed by atoms with van der Waals surface area (Å²) in [5, 5.41) is 0. The molecule has 0 N–H and O–H groups in total. The van der Waals surface area contributed by atoms with Crippen LogP contribution in [0.15, 0.2) is 0 Å². The van der Waals surface area contributed by atoms with Crippen LogP contribution in [0.5, 0.6) is 0 Å². The van der Waals surface area contributed by atoms with Gasteiger partial charge in [0, 0.05) is 19.4 Å². The van der Waals surface area contributed by atoms with E-state index in [1.165, 1.54) is 50.3 Å². The second-order valence-corrected chi connectivity index (χ2v) is 6.93. The summed E-state index contributed by atoms with van der Waals surface area (Å²) < 4.78 is 27.2. The summed E-state index contributed by atoms with van der Waals surface area (Å²) in [4.78, 5) is 13.0. The Bertz CT molecular complexity index is 333. The molecule has 1 aliphatic heterocycles. The molecule has 22 heavy (non-hydrogen) atoms. The van der Waals surface area contributed by atoms with Crippen LogP contribution in [0.25, 0.3) is 0 Å². The minimum absolute atomic E-state index is 0.153. The third kappa shape index (κ3) is 6.62. The van der Waals surface area contributed by atoms with E-state index in [2.05, 4.69) is 13.8 Å². The normalized spacial score (nSPS) is 22.0. The molecular formula is C18H33F2NO. The van der Waals surface area contributed by atoms with Gasteiger partial charge in [-0.15, -0.1) is 0 Å². The molecule has 1 saturated heterocycles. The van der Waals surface area contributed by atoms with E-state index in [4.69, 9.17) is 0 Å². The van der Waals surface area contributed by atoms with Crippen LogP contribution in [0, 0.1) is 5.92 Å². The predicted octanol–water partition coefficient (Wildman–Crippen LogP) is 5.41. The molecule has 4 heteroatoms. The molecule has 2 atom stereocenters. The van der Waals surface area contributed by atoms with Crippen molar-refractivity contribution in [2.45, 2.75) is 96.9 Å². The SMILES string of the molecule is CCCCCCCCC(CC)CC1CC(F)(F)CN1C(C)=O. The lowest BCUT2D eigenvalue weighted by Gasteiger charge is -2.26. The van der Waals surface area contributed by atoms with E-state index < -0.39 is 5.92 Å². The minimum atomic E-state index is -2.70. The van der Waals surface area contributed by atoms with Gasteiger partial charge in [0.1, 0.15) is 0 Å². The summed E-state index contributed by atoms with van der Waals surface area (Å²) in [5.41, 5.74) is 0. The van der Waals surface area contributed by atoms with E-state index in [-0.39, 0.29) is 24.9 Å². The van der Waals surface area contributed by atoms with Crippen LogP contribution in [-0.2, 0) is 4.79 Å². The first-order valence-electron chi connectivity index (χ1n) is 9.04. The van der Waals surface area contributed by atoms with Crippen LogP contribution >= 0.6 is 0 Å². The molecule has 0 aromatic heterocycles. The summed E-state index contributed by atoms with van der Waals surface area (Å²) in [5.74, 6) is -2.45. The Kier molecular flexibility index (Phi) is 8.34. The van der Waals surface area contributed by atoms with Crippen LogP contribution in [0.1, 0.15) is 85.0 Å². The van der Waals surface area contributed by atoms with Crippen molar-refractivity contribution >= 4 is 5.91 Å². The van der Waals surface area contributed by atoms with Gasteiger partial charge in [0.05, 0.1) is 6.54 Å². The quantitative estimate of drug-likeness (QED) is 0.493. The lowest BCUT2D eigenvalue weighted by Crippen LogP contribution is -2.35. The molecule has 0 radical (unpaired) electrons. The van der Waals surface area contributed by atoms with Crippen LogP contribution in [0.2, 0.25) is 0 Å². The van der Waals surface area contributed by atoms with E-state index in [0.29, 0.717) is 5.92 Å². The zero-order valence-electron chi connectivity index (χ0n) is 14.5. The molecule has 1 amide bonds. The second kappa shape index (κ2) is 9.46.